The topological polar surface area (TPSA) is 72.2 Å². The average molecular weight is 370 g/mol. The number of hydrogen-bond acceptors (Lipinski definition) is 5. The first-order valence-electron chi connectivity index (χ1n) is 8.50. The van der Waals surface area contributed by atoms with E-state index < -0.39 is 9.84 Å². The minimum atomic E-state index is -3.78. The van der Waals surface area contributed by atoms with Gasteiger partial charge in [0.15, 0.2) is 0 Å². The maximum absolute atomic E-state index is 13.1. The van der Waals surface area contributed by atoms with Gasteiger partial charge in [-0.1, -0.05) is 50.2 Å². The fraction of sp³-hybridized carbons (Fsp3) is 0.250. The van der Waals surface area contributed by atoms with Crippen LogP contribution in [0.5, 0.6) is 0 Å². The van der Waals surface area contributed by atoms with Gasteiger partial charge in [-0.3, -0.25) is 0 Å². The molecule has 0 spiro atoms. The van der Waals surface area contributed by atoms with Crippen LogP contribution in [0.4, 0.5) is 5.88 Å². The summed E-state index contributed by atoms with van der Waals surface area (Å²) in [7, 11) is -3.78. The standard InChI is InChI=1S/C20H22N2O3S/c1-14(2)13-21-19-20(26(23,24)16-10-5-4-6-11-16)22-18(25-19)17-12-8-7-9-15(17)3/h4-12,14,21H,13H2,1-3H3. The summed E-state index contributed by atoms with van der Waals surface area (Å²) >= 11 is 0. The highest BCUT2D eigenvalue weighted by molar-refractivity contribution is 7.91. The van der Waals surface area contributed by atoms with E-state index in [9.17, 15) is 8.42 Å². The molecule has 0 bridgehead atoms. The van der Waals surface area contributed by atoms with E-state index >= 15 is 0 Å². The largest absolute Gasteiger partial charge is 0.419 e. The van der Waals surface area contributed by atoms with Gasteiger partial charge >= 0.3 is 0 Å². The molecule has 5 nitrogen and oxygen atoms in total. The molecule has 1 heterocycles. The van der Waals surface area contributed by atoms with Crippen molar-refractivity contribution in [1.82, 2.24) is 4.98 Å². The Bertz CT molecular complexity index is 993. The molecule has 3 rings (SSSR count). The molecule has 0 fully saturated rings. The fourth-order valence-corrected chi connectivity index (χ4v) is 3.84. The highest BCUT2D eigenvalue weighted by atomic mass is 32.2. The second-order valence-corrected chi connectivity index (χ2v) is 8.42. The summed E-state index contributed by atoms with van der Waals surface area (Å²) < 4.78 is 32.0. The third-order valence-corrected chi connectivity index (χ3v) is 5.63. The summed E-state index contributed by atoms with van der Waals surface area (Å²) in [5.41, 5.74) is 1.74. The van der Waals surface area contributed by atoms with Crippen molar-refractivity contribution in [3.05, 3.63) is 60.2 Å². The van der Waals surface area contributed by atoms with E-state index in [1.54, 1.807) is 30.3 Å². The zero-order valence-corrected chi connectivity index (χ0v) is 15.9. The van der Waals surface area contributed by atoms with E-state index in [-0.39, 0.29) is 15.8 Å². The zero-order valence-electron chi connectivity index (χ0n) is 15.1. The summed E-state index contributed by atoms with van der Waals surface area (Å²) in [5, 5.41) is 3.01. The Morgan fingerprint density at radius 2 is 1.69 bits per heavy atom. The van der Waals surface area contributed by atoms with Crippen molar-refractivity contribution < 1.29 is 12.8 Å². The van der Waals surface area contributed by atoms with Crippen molar-refractivity contribution in [1.29, 1.82) is 0 Å². The van der Waals surface area contributed by atoms with Gasteiger partial charge in [-0.15, -0.1) is 0 Å². The second-order valence-electron chi connectivity index (χ2n) is 6.56. The van der Waals surface area contributed by atoms with E-state index in [2.05, 4.69) is 10.3 Å². The van der Waals surface area contributed by atoms with Crippen molar-refractivity contribution >= 4 is 15.7 Å². The van der Waals surface area contributed by atoms with Gasteiger partial charge in [0.05, 0.1) is 4.90 Å². The van der Waals surface area contributed by atoms with E-state index in [0.717, 1.165) is 11.1 Å². The maximum Gasteiger partial charge on any atom is 0.233 e. The zero-order chi connectivity index (χ0) is 18.7. The van der Waals surface area contributed by atoms with Crippen LogP contribution in [0.2, 0.25) is 0 Å². The molecule has 0 saturated heterocycles. The van der Waals surface area contributed by atoms with Gasteiger partial charge < -0.3 is 9.73 Å². The van der Waals surface area contributed by atoms with Crippen LogP contribution in [0.25, 0.3) is 11.5 Å². The summed E-state index contributed by atoms with van der Waals surface area (Å²) in [5.74, 6) is 0.805. The van der Waals surface area contributed by atoms with E-state index in [4.69, 9.17) is 4.42 Å². The Balaban J connectivity index is 2.12. The lowest BCUT2D eigenvalue weighted by Crippen LogP contribution is -2.11. The summed E-state index contributed by atoms with van der Waals surface area (Å²) in [6.45, 7) is 6.60. The van der Waals surface area contributed by atoms with Crippen molar-refractivity contribution in [2.75, 3.05) is 11.9 Å². The monoisotopic (exact) mass is 370 g/mol. The Morgan fingerprint density at radius 3 is 2.35 bits per heavy atom. The minimum Gasteiger partial charge on any atom is -0.419 e. The molecular formula is C20H22N2O3S. The number of oxazole rings is 1. The Kier molecular flexibility index (Phi) is 5.13. The minimum absolute atomic E-state index is 0.0809. The number of aryl methyl sites for hydroxylation is 1. The molecule has 0 unspecified atom stereocenters. The van der Waals surface area contributed by atoms with Crippen LogP contribution >= 0.6 is 0 Å². The van der Waals surface area contributed by atoms with Gasteiger partial charge in [-0.05, 0) is 36.6 Å². The van der Waals surface area contributed by atoms with Gasteiger partial charge in [-0.2, -0.15) is 4.98 Å². The molecule has 3 aromatic rings. The fourth-order valence-electron chi connectivity index (χ4n) is 2.54. The van der Waals surface area contributed by atoms with Crippen LogP contribution in [0, 0.1) is 12.8 Å². The Labute approximate surface area is 154 Å². The van der Waals surface area contributed by atoms with Crippen LogP contribution in [-0.4, -0.2) is 19.9 Å². The molecular weight excluding hydrogens is 348 g/mol. The molecule has 0 aliphatic carbocycles. The number of benzene rings is 2. The quantitative estimate of drug-likeness (QED) is 0.689. The Hall–Kier alpha value is -2.60. The first-order chi connectivity index (χ1) is 12.4. The molecule has 0 aliphatic rings. The number of anilines is 1. The third-order valence-electron chi connectivity index (χ3n) is 3.95. The number of rotatable bonds is 6. The lowest BCUT2D eigenvalue weighted by atomic mass is 10.1. The number of nitrogens with one attached hydrogen (secondary N) is 1. The molecule has 0 saturated carbocycles. The van der Waals surface area contributed by atoms with Gasteiger partial charge in [0, 0.05) is 12.1 Å². The van der Waals surface area contributed by atoms with E-state index in [1.807, 2.05) is 45.0 Å². The van der Waals surface area contributed by atoms with Crippen molar-refractivity contribution in [2.24, 2.45) is 5.92 Å². The summed E-state index contributed by atoms with van der Waals surface area (Å²) in [4.78, 5) is 4.54. The molecule has 0 radical (unpaired) electrons. The van der Waals surface area contributed by atoms with E-state index in [1.165, 1.54) is 0 Å². The second kappa shape index (κ2) is 7.33. The number of aromatic nitrogens is 1. The first kappa shape index (κ1) is 18.2. The highest BCUT2D eigenvalue weighted by Gasteiger charge is 2.28. The van der Waals surface area contributed by atoms with Crippen molar-refractivity contribution in [3.8, 4) is 11.5 Å². The van der Waals surface area contributed by atoms with Crippen LogP contribution in [0.1, 0.15) is 19.4 Å². The average Bonchev–Trinajstić information content (AvgIpc) is 3.06. The molecule has 0 amide bonds. The maximum atomic E-state index is 13.1. The molecule has 26 heavy (non-hydrogen) atoms. The number of sulfone groups is 1. The van der Waals surface area contributed by atoms with Crippen LogP contribution in [0.15, 0.2) is 68.9 Å². The molecule has 0 aliphatic heterocycles. The normalized spacial score (nSPS) is 11.7. The van der Waals surface area contributed by atoms with E-state index in [0.29, 0.717) is 18.4 Å². The summed E-state index contributed by atoms with van der Waals surface area (Å²) in [6.07, 6.45) is 0. The van der Waals surface area contributed by atoms with Crippen LogP contribution in [-0.2, 0) is 9.84 Å². The smallest absolute Gasteiger partial charge is 0.233 e. The van der Waals surface area contributed by atoms with Gasteiger partial charge in [0.1, 0.15) is 0 Å². The highest BCUT2D eigenvalue weighted by Crippen LogP contribution is 2.33. The van der Waals surface area contributed by atoms with Crippen molar-refractivity contribution in [2.45, 2.75) is 30.7 Å². The first-order valence-corrected chi connectivity index (χ1v) is 9.98. The molecule has 1 aromatic heterocycles. The van der Waals surface area contributed by atoms with Gasteiger partial charge in [-0.25, -0.2) is 8.42 Å². The van der Waals surface area contributed by atoms with Crippen LogP contribution in [0.3, 0.4) is 0 Å². The molecule has 0 atom stereocenters. The summed E-state index contributed by atoms with van der Waals surface area (Å²) in [6, 6.07) is 15.9. The SMILES string of the molecule is Cc1ccccc1-c1nc(S(=O)(=O)c2ccccc2)c(NCC(C)C)o1. The predicted octanol–water partition coefficient (Wildman–Crippen LogP) is 4.55. The van der Waals surface area contributed by atoms with Gasteiger partial charge in [0.2, 0.25) is 26.6 Å². The molecule has 1 N–H and O–H groups in total. The van der Waals surface area contributed by atoms with Crippen LogP contribution < -0.4 is 5.32 Å². The number of hydrogen-bond donors (Lipinski definition) is 1. The molecule has 6 heteroatoms. The van der Waals surface area contributed by atoms with Crippen molar-refractivity contribution in [3.63, 3.8) is 0 Å². The molecule has 136 valence electrons. The molecule has 2 aromatic carbocycles. The van der Waals surface area contributed by atoms with Gasteiger partial charge in [0.25, 0.3) is 0 Å². The lowest BCUT2D eigenvalue weighted by Gasteiger charge is -2.07. The lowest BCUT2D eigenvalue weighted by molar-refractivity contribution is 0.567. The Morgan fingerprint density at radius 1 is 1.04 bits per heavy atom. The number of nitrogens with zero attached hydrogens (tertiary/aromatic N) is 1. The third kappa shape index (κ3) is 3.65. The predicted molar refractivity (Wildman–Crippen MR) is 102 cm³/mol.